The van der Waals surface area contributed by atoms with Gasteiger partial charge in [0.15, 0.2) is 5.58 Å². The summed E-state index contributed by atoms with van der Waals surface area (Å²) >= 11 is 0. The highest BCUT2D eigenvalue weighted by atomic mass is 16.3. The van der Waals surface area contributed by atoms with Crippen molar-refractivity contribution in [2.45, 2.75) is 26.3 Å². The molecule has 3 nitrogen and oxygen atoms in total. The number of rotatable bonds is 5. The second kappa shape index (κ2) is 9.68. The second-order valence-electron chi connectivity index (χ2n) is 10.5. The average Bonchev–Trinajstić information content (AvgIpc) is 3.39. The molecule has 1 aromatic heterocycles. The third kappa shape index (κ3) is 4.59. The van der Waals surface area contributed by atoms with Crippen LogP contribution in [0.2, 0.25) is 0 Å². The molecule has 1 heterocycles. The lowest BCUT2D eigenvalue weighted by molar-refractivity contribution is 0.560. The summed E-state index contributed by atoms with van der Waals surface area (Å²) in [6.07, 6.45) is 0. The number of fused-ring (bicyclic) bond motifs is 1. The van der Waals surface area contributed by atoms with Gasteiger partial charge in [-0.25, -0.2) is 4.98 Å². The Labute approximate surface area is 224 Å². The first-order chi connectivity index (χ1) is 18.5. The van der Waals surface area contributed by atoms with E-state index in [0.717, 1.165) is 39.2 Å². The van der Waals surface area contributed by atoms with Crippen LogP contribution in [0.4, 0.5) is 11.4 Å². The zero-order valence-corrected chi connectivity index (χ0v) is 21.9. The Morgan fingerprint density at radius 2 is 1.16 bits per heavy atom. The maximum atomic E-state index is 6.32. The summed E-state index contributed by atoms with van der Waals surface area (Å²) < 4.78 is 6.32. The molecule has 0 amide bonds. The van der Waals surface area contributed by atoms with E-state index in [2.05, 4.69) is 105 Å². The van der Waals surface area contributed by atoms with E-state index in [1.54, 1.807) is 0 Å². The third-order valence-electron chi connectivity index (χ3n) is 6.75. The van der Waals surface area contributed by atoms with Crippen LogP contribution in [0, 0.1) is 0 Å². The topological polar surface area (TPSA) is 29.3 Å². The summed E-state index contributed by atoms with van der Waals surface area (Å²) in [5.74, 6) is 0.638. The zero-order valence-electron chi connectivity index (χ0n) is 21.9. The molecule has 0 radical (unpaired) electrons. The molecular formula is C35H30N2O. The average molecular weight is 495 g/mol. The fourth-order valence-electron chi connectivity index (χ4n) is 5.05. The van der Waals surface area contributed by atoms with E-state index < -0.39 is 0 Å². The van der Waals surface area contributed by atoms with Crippen molar-refractivity contribution in [3.05, 3.63) is 127 Å². The third-order valence-corrected chi connectivity index (χ3v) is 6.75. The summed E-state index contributed by atoms with van der Waals surface area (Å²) in [5, 5.41) is 0. The van der Waals surface area contributed by atoms with Gasteiger partial charge in [0.1, 0.15) is 5.52 Å². The van der Waals surface area contributed by atoms with Crippen LogP contribution in [0.3, 0.4) is 0 Å². The van der Waals surface area contributed by atoms with Crippen LogP contribution in [0.1, 0.15) is 20.8 Å². The van der Waals surface area contributed by atoms with Gasteiger partial charge in [0.2, 0.25) is 5.89 Å². The minimum Gasteiger partial charge on any atom is -0.435 e. The molecule has 38 heavy (non-hydrogen) atoms. The molecule has 0 saturated heterocycles. The molecule has 6 aromatic rings. The number of oxazole rings is 1. The predicted molar refractivity (Wildman–Crippen MR) is 159 cm³/mol. The van der Waals surface area contributed by atoms with Gasteiger partial charge in [0.25, 0.3) is 0 Å². The van der Waals surface area contributed by atoms with Gasteiger partial charge in [-0.1, -0.05) is 84.9 Å². The molecule has 186 valence electrons. The van der Waals surface area contributed by atoms with Gasteiger partial charge < -0.3 is 9.32 Å². The van der Waals surface area contributed by atoms with Gasteiger partial charge in [0.05, 0.1) is 0 Å². The largest absolute Gasteiger partial charge is 0.435 e. The van der Waals surface area contributed by atoms with Crippen LogP contribution in [0.5, 0.6) is 0 Å². The fourth-order valence-corrected chi connectivity index (χ4v) is 5.05. The summed E-state index contributed by atoms with van der Waals surface area (Å²) in [7, 11) is 0. The number of hydrogen-bond acceptors (Lipinski definition) is 3. The lowest BCUT2D eigenvalue weighted by Crippen LogP contribution is -2.37. The normalized spacial score (nSPS) is 11.6. The first kappa shape index (κ1) is 23.7. The number of benzene rings is 5. The lowest BCUT2D eigenvalue weighted by atomic mass is 9.99. The molecule has 0 aliphatic heterocycles. The molecule has 0 atom stereocenters. The van der Waals surface area contributed by atoms with Crippen molar-refractivity contribution >= 4 is 22.5 Å². The number of aromatic nitrogens is 1. The predicted octanol–water partition coefficient (Wildman–Crippen LogP) is 9.77. The lowest BCUT2D eigenvalue weighted by Gasteiger charge is -2.38. The highest BCUT2D eigenvalue weighted by molar-refractivity contribution is 5.92. The summed E-state index contributed by atoms with van der Waals surface area (Å²) in [4.78, 5) is 7.16. The number of anilines is 2. The zero-order chi connectivity index (χ0) is 26.1. The quantitative estimate of drug-likeness (QED) is 0.239. The minimum atomic E-state index is -0.133. The molecule has 0 fully saturated rings. The van der Waals surface area contributed by atoms with Crippen LogP contribution in [-0.4, -0.2) is 10.5 Å². The van der Waals surface area contributed by atoms with Gasteiger partial charge in [-0.05, 0) is 79.9 Å². The number of para-hydroxylation sites is 1. The maximum Gasteiger partial charge on any atom is 0.227 e. The van der Waals surface area contributed by atoms with Crippen LogP contribution < -0.4 is 4.90 Å². The molecule has 0 aliphatic carbocycles. The van der Waals surface area contributed by atoms with Crippen molar-refractivity contribution in [2.75, 3.05) is 4.90 Å². The number of hydrogen-bond donors (Lipinski definition) is 0. The van der Waals surface area contributed by atoms with Crippen LogP contribution in [0.25, 0.3) is 44.8 Å². The Morgan fingerprint density at radius 3 is 1.84 bits per heavy atom. The van der Waals surface area contributed by atoms with Crippen molar-refractivity contribution in [1.29, 1.82) is 0 Å². The highest BCUT2D eigenvalue weighted by Gasteiger charge is 2.24. The van der Waals surface area contributed by atoms with Gasteiger partial charge in [0, 0.05) is 28.0 Å². The van der Waals surface area contributed by atoms with E-state index in [9.17, 15) is 0 Å². The minimum absolute atomic E-state index is 0.133. The smallest absolute Gasteiger partial charge is 0.227 e. The second-order valence-corrected chi connectivity index (χ2v) is 10.5. The molecule has 0 saturated carbocycles. The Hall–Kier alpha value is -4.63. The first-order valence-corrected chi connectivity index (χ1v) is 13.0. The Bertz CT molecular complexity index is 1680. The van der Waals surface area contributed by atoms with Gasteiger partial charge in [-0.15, -0.1) is 0 Å². The molecule has 0 N–H and O–H groups in total. The molecule has 0 aliphatic rings. The summed E-state index contributed by atoms with van der Waals surface area (Å²) in [5.41, 5.74) is 9.34. The van der Waals surface area contributed by atoms with E-state index in [0.29, 0.717) is 5.89 Å². The Balaban J connectivity index is 1.40. The van der Waals surface area contributed by atoms with Crippen molar-refractivity contribution in [1.82, 2.24) is 4.98 Å². The Morgan fingerprint density at radius 1 is 0.553 bits per heavy atom. The van der Waals surface area contributed by atoms with Crippen molar-refractivity contribution in [3.63, 3.8) is 0 Å². The highest BCUT2D eigenvalue weighted by Crippen LogP contribution is 2.38. The van der Waals surface area contributed by atoms with Crippen LogP contribution >= 0.6 is 0 Å². The first-order valence-electron chi connectivity index (χ1n) is 13.0. The molecular weight excluding hydrogens is 464 g/mol. The summed E-state index contributed by atoms with van der Waals surface area (Å²) in [6.45, 7) is 6.73. The monoisotopic (exact) mass is 494 g/mol. The van der Waals surface area contributed by atoms with E-state index in [1.165, 1.54) is 11.1 Å². The van der Waals surface area contributed by atoms with E-state index in [1.807, 2.05) is 48.5 Å². The molecule has 3 heteroatoms. The summed E-state index contributed by atoms with van der Waals surface area (Å²) in [6, 6.07) is 44.2. The van der Waals surface area contributed by atoms with Gasteiger partial charge >= 0.3 is 0 Å². The Kier molecular flexibility index (Phi) is 6.05. The molecule has 0 bridgehead atoms. The van der Waals surface area contributed by atoms with Crippen molar-refractivity contribution in [3.8, 4) is 33.7 Å². The van der Waals surface area contributed by atoms with E-state index in [-0.39, 0.29) is 5.54 Å². The van der Waals surface area contributed by atoms with Crippen LogP contribution in [-0.2, 0) is 0 Å². The molecule has 0 unspecified atom stereocenters. The standard InChI is InChI=1S/C35H30N2O/c1-35(2,3)37(29-22-20-26(21-23-29)25-12-6-4-7-13-25)30-17-10-16-28(24-30)31-18-11-19-32-33(31)38-34(36-32)27-14-8-5-9-15-27/h4-24H,1-3H3. The molecule has 6 rings (SSSR count). The van der Waals surface area contributed by atoms with Gasteiger partial charge in [-0.3, -0.25) is 0 Å². The van der Waals surface area contributed by atoms with E-state index >= 15 is 0 Å². The molecule has 0 spiro atoms. The van der Waals surface area contributed by atoms with E-state index in [4.69, 9.17) is 9.40 Å². The van der Waals surface area contributed by atoms with Gasteiger partial charge in [-0.2, -0.15) is 0 Å². The maximum absolute atomic E-state index is 6.32. The van der Waals surface area contributed by atoms with Crippen LogP contribution in [0.15, 0.2) is 132 Å². The molecule has 5 aromatic carbocycles. The van der Waals surface area contributed by atoms with Crippen molar-refractivity contribution in [2.24, 2.45) is 0 Å². The SMILES string of the molecule is CC(C)(C)N(c1ccc(-c2ccccc2)cc1)c1cccc(-c2cccc3nc(-c4ccccc4)oc23)c1. The fraction of sp³-hybridized carbons (Fsp3) is 0.114. The number of nitrogens with zero attached hydrogens (tertiary/aromatic N) is 2. The van der Waals surface area contributed by atoms with Crippen molar-refractivity contribution < 1.29 is 4.42 Å².